The molecule has 0 amide bonds. The number of hydrogen-bond donors (Lipinski definition) is 0. The minimum atomic E-state index is -4.41. The number of thiocarbonyl (C=S) groups is 1. The highest BCUT2D eigenvalue weighted by Gasteiger charge is 2.30. The molecule has 0 aliphatic heterocycles. The normalized spacial score (nSPS) is 12.9. The summed E-state index contributed by atoms with van der Waals surface area (Å²) >= 11 is 4.47. The van der Waals surface area contributed by atoms with E-state index in [1.165, 1.54) is 0 Å². The van der Waals surface area contributed by atoms with Crippen molar-refractivity contribution in [3.05, 3.63) is 35.4 Å². The largest absolute Gasteiger partial charge is 0.416 e. The molecule has 0 aliphatic carbocycles. The lowest BCUT2D eigenvalue weighted by Gasteiger charge is -2.14. The van der Waals surface area contributed by atoms with Gasteiger partial charge >= 0.3 is 6.18 Å². The van der Waals surface area contributed by atoms with Crippen LogP contribution in [0.1, 0.15) is 29.8 Å². The number of ketones is 1. The van der Waals surface area contributed by atoms with Gasteiger partial charge in [0.05, 0.1) is 10.7 Å². The van der Waals surface area contributed by atoms with Gasteiger partial charge in [-0.25, -0.2) is 4.99 Å². The third-order valence-corrected chi connectivity index (χ3v) is 2.69. The third-order valence-electron chi connectivity index (χ3n) is 2.59. The Bertz CT molecular complexity index is 502. The van der Waals surface area contributed by atoms with Gasteiger partial charge in [-0.05, 0) is 30.3 Å². The van der Waals surface area contributed by atoms with Crippen LogP contribution in [0.4, 0.5) is 13.2 Å². The number of halogens is 3. The van der Waals surface area contributed by atoms with E-state index in [1.807, 2.05) is 0 Å². The van der Waals surface area contributed by atoms with E-state index in [4.69, 9.17) is 0 Å². The van der Waals surface area contributed by atoms with E-state index in [9.17, 15) is 18.0 Å². The molecule has 1 atom stereocenters. The zero-order valence-corrected chi connectivity index (χ0v) is 11.2. The molecule has 1 rings (SSSR count). The number of rotatable bonds is 4. The number of isothiocyanates is 1. The second kappa shape index (κ2) is 6.08. The summed E-state index contributed by atoms with van der Waals surface area (Å²) in [5.41, 5.74) is -0.607. The summed E-state index contributed by atoms with van der Waals surface area (Å²) in [5, 5.41) is 2.14. The average molecular weight is 287 g/mol. The molecule has 0 fully saturated rings. The van der Waals surface area contributed by atoms with Gasteiger partial charge in [-0.2, -0.15) is 13.2 Å². The highest BCUT2D eigenvalue weighted by molar-refractivity contribution is 7.78. The summed E-state index contributed by atoms with van der Waals surface area (Å²) in [6, 6.07) is 3.35. The van der Waals surface area contributed by atoms with Crippen LogP contribution in [0.15, 0.2) is 29.3 Å². The number of alkyl halides is 3. The van der Waals surface area contributed by atoms with Crippen LogP contribution in [-0.4, -0.2) is 17.0 Å². The fourth-order valence-electron chi connectivity index (χ4n) is 1.56. The molecule has 0 N–H and O–H groups in total. The maximum atomic E-state index is 12.4. The molecule has 0 aromatic heterocycles. The van der Waals surface area contributed by atoms with Gasteiger partial charge in [0.1, 0.15) is 6.04 Å². The minimum Gasteiger partial charge on any atom is -0.292 e. The Labute approximate surface area is 114 Å². The Morgan fingerprint density at radius 1 is 1.26 bits per heavy atom. The lowest BCUT2D eigenvalue weighted by molar-refractivity contribution is -0.137. The molecule has 1 aromatic carbocycles. The number of nitrogens with zero attached hydrogens (tertiary/aromatic N) is 1. The standard InChI is InChI=1S/C13H12F3NOS/c1-8(2)11(17-7-19)12(18)9-3-5-10(6-4-9)13(14,15)16/h3-6,8,11H,1-2H3. The number of Topliss-reactive ketones (excluding diaryl/α,β-unsaturated/α-hetero) is 1. The molecule has 1 unspecified atom stereocenters. The Balaban J connectivity index is 3.03. The van der Waals surface area contributed by atoms with Gasteiger partial charge in [-0.1, -0.05) is 26.0 Å². The molecule has 0 aliphatic rings. The summed E-state index contributed by atoms with van der Waals surface area (Å²) in [7, 11) is 0. The lowest BCUT2D eigenvalue weighted by atomic mass is 9.95. The maximum absolute atomic E-state index is 12.4. The lowest BCUT2D eigenvalue weighted by Crippen LogP contribution is -2.24. The van der Waals surface area contributed by atoms with Crippen molar-refractivity contribution in [1.29, 1.82) is 0 Å². The van der Waals surface area contributed by atoms with E-state index >= 15 is 0 Å². The Hall–Kier alpha value is -1.52. The van der Waals surface area contributed by atoms with E-state index in [0.29, 0.717) is 0 Å². The molecule has 0 saturated heterocycles. The summed E-state index contributed by atoms with van der Waals surface area (Å²) in [6.07, 6.45) is -4.41. The zero-order chi connectivity index (χ0) is 14.6. The van der Waals surface area contributed by atoms with Crippen molar-refractivity contribution in [2.45, 2.75) is 26.1 Å². The van der Waals surface area contributed by atoms with E-state index in [0.717, 1.165) is 24.3 Å². The molecule has 0 saturated carbocycles. The highest BCUT2D eigenvalue weighted by Crippen LogP contribution is 2.29. The van der Waals surface area contributed by atoms with Crippen molar-refractivity contribution in [1.82, 2.24) is 0 Å². The first-order valence-electron chi connectivity index (χ1n) is 5.56. The van der Waals surface area contributed by atoms with Crippen molar-refractivity contribution >= 4 is 23.2 Å². The molecule has 0 bridgehead atoms. The van der Waals surface area contributed by atoms with Crippen LogP contribution in [0.5, 0.6) is 0 Å². The van der Waals surface area contributed by atoms with Gasteiger partial charge in [0, 0.05) is 5.56 Å². The van der Waals surface area contributed by atoms with Crippen molar-refractivity contribution < 1.29 is 18.0 Å². The van der Waals surface area contributed by atoms with E-state index < -0.39 is 17.8 Å². The summed E-state index contributed by atoms with van der Waals surface area (Å²) in [5.74, 6) is -0.466. The van der Waals surface area contributed by atoms with Gasteiger partial charge in [0.25, 0.3) is 0 Å². The van der Waals surface area contributed by atoms with Crippen molar-refractivity contribution in [3.63, 3.8) is 0 Å². The fourth-order valence-corrected chi connectivity index (χ4v) is 1.68. The first-order valence-corrected chi connectivity index (χ1v) is 5.96. The van der Waals surface area contributed by atoms with Crippen LogP contribution < -0.4 is 0 Å². The monoisotopic (exact) mass is 287 g/mol. The van der Waals surface area contributed by atoms with Crippen LogP contribution in [0.3, 0.4) is 0 Å². The summed E-state index contributed by atoms with van der Waals surface area (Å²) in [4.78, 5) is 15.8. The third kappa shape index (κ3) is 3.98. The van der Waals surface area contributed by atoms with Gasteiger partial charge in [0.2, 0.25) is 0 Å². The van der Waals surface area contributed by atoms with Crippen LogP contribution in [0.2, 0.25) is 0 Å². The number of benzene rings is 1. The number of aliphatic imine (C=N–C) groups is 1. The smallest absolute Gasteiger partial charge is 0.292 e. The predicted molar refractivity (Wildman–Crippen MR) is 69.4 cm³/mol. The molecular formula is C13H12F3NOS. The first-order chi connectivity index (χ1) is 8.77. The highest BCUT2D eigenvalue weighted by atomic mass is 32.1. The minimum absolute atomic E-state index is 0.106. The number of carbonyl (C=O) groups is 1. The molecule has 1 aromatic rings. The van der Waals surface area contributed by atoms with Crippen LogP contribution in [0.25, 0.3) is 0 Å². The molecule has 2 nitrogen and oxygen atoms in total. The van der Waals surface area contributed by atoms with E-state index in [-0.39, 0.29) is 17.3 Å². The second-order valence-corrected chi connectivity index (χ2v) is 4.53. The van der Waals surface area contributed by atoms with Crippen molar-refractivity contribution in [3.8, 4) is 0 Å². The maximum Gasteiger partial charge on any atom is 0.416 e. The van der Waals surface area contributed by atoms with Crippen LogP contribution in [0, 0.1) is 5.92 Å². The van der Waals surface area contributed by atoms with E-state index in [1.54, 1.807) is 13.8 Å². The zero-order valence-electron chi connectivity index (χ0n) is 10.4. The summed E-state index contributed by atoms with van der Waals surface area (Å²) < 4.78 is 37.2. The van der Waals surface area contributed by atoms with Gasteiger partial charge in [-0.3, -0.25) is 4.79 Å². The SMILES string of the molecule is CC(C)C(N=C=S)C(=O)c1ccc(C(F)(F)F)cc1. The second-order valence-electron chi connectivity index (χ2n) is 4.35. The van der Waals surface area contributed by atoms with Crippen LogP contribution >= 0.6 is 12.2 Å². The van der Waals surface area contributed by atoms with Crippen molar-refractivity contribution in [2.24, 2.45) is 10.9 Å². The molecule has 0 spiro atoms. The fraction of sp³-hybridized carbons (Fsp3) is 0.385. The van der Waals surface area contributed by atoms with Crippen molar-refractivity contribution in [2.75, 3.05) is 0 Å². The number of carbonyl (C=O) groups excluding carboxylic acids is 1. The van der Waals surface area contributed by atoms with Gasteiger partial charge in [-0.15, -0.1) is 0 Å². The molecule has 19 heavy (non-hydrogen) atoms. The Morgan fingerprint density at radius 2 is 1.79 bits per heavy atom. The molecule has 102 valence electrons. The number of hydrogen-bond acceptors (Lipinski definition) is 3. The molecular weight excluding hydrogens is 275 g/mol. The van der Waals surface area contributed by atoms with Crippen LogP contribution in [-0.2, 0) is 6.18 Å². The van der Waals surface area contributed by atoms with E-state index in [2.05, 4.69) is 22.4 Å². The summed E-state index contributed by atoms with van der Waals surface area (Å²) in [6.45, 7) is 3.56. The molecule has 0 radical (unpaired) electrons. The average Bonchev–Trinajstić information content (AvgIpc) is 2.34. The molecule has 0 heterocycles. The van der Waals surface area contributed by atoms with Gasteiger partial charge < -0.3 is 0 Å². The molecule has 6 heteroatoms. The quantitative estimate of drug-likeness (QED) is 0.475. The Morgan fingerprint density at radius 3 is 2.16 bits per heavy atom. The predicted octanol–water partition coefficient (Wildman–Crippen LogP) is 4.02. The topological polar surface area (TPSA) is 29.4 Å². The Kier molecular flexibility index (Phi) is 4.97. The first kappa shape index (κ1) is 15.5. The van der Waals surface area contributed by atoms with Gasteiger partial charge in [0.15, 0.2) is 5.78 Å².